The molecule has 0 fully saturated rings. The normalized spacial score (nSPS) is 2.00. The minimum absolute atomic E-state index is 0.300. The van der Waals surface area contributed by atoms with Gasteiger partial charge in [0.1, 0.15) is 0 Å². The second-order valence-corrected chi connectivity index (χ2v) is 0. The van der Waals surface area contributed by atoms with Crippen LogP contribution in [0.1, 0.15) is 0 Å². The molecule has 0 spiro atoms. The summed E-state index contributed by atoms with van der Waals surface area (Å²) in [7, 11) is 0. The molecule has 0 aromatic carbocycles. The Kier molecular flexibility index (Phi) is 86.4. The van der Waals surface area contributed by atoms with Crippen molar-refractivity contribution in [2.45, 2.75) is 0 Å². The Morgan fingerprint density at radius 2 is 1.25 bits per heavy atom. The molecule has 0 aliphatic heterocycles. The molecule has 4 heavy (non-hydrogen) atoms. The standard InChI is InChI=1S/Cr.2O.Sn. The van der Waals surface area contributed by atoms with Gasteiger partial charge in [0.05, 0.1) is 0 Å². The van der Waals surface area contributed by atoms with Crippen molar-refractivity contribution in [2.24, 2.45) is 0 Å². The van der Waals surface area contributed by atoms with E-state index in [2.05, 4.69) is 0 Å². The number of hydrogen-bond donors (Lipinski definition) is 0. The van der Waals surface area contributed by atoms with Crippen molar-refractivity contribution in [2.75, 3.05) is 0 Å². The van der Waals surface area contributed by atoms with Gasteiger partial charge in [-0.3, -0.25) is 0 Å². The van der Waals surface area contributed by atoms with Gasteiger partial charge in [-0.15, -0.1) is 0 Å². The van der Waals surface area contributed by atoms with Gasteiger partial charge in [0.15, 0.2) is 0 Å². The summed E-state index contributed by atoms with van der Waals surface area (Å²) < 4.78 is 16.5. The molecular weight excluding hydrogens is 203 g/mol. The van der Waals surface area contributed by atoms with Crippen molar-refractivity contribution >= 4 is 22.5 Å². The first-order valence-electron chi connectivity index (χ1n) is 0.371. The van der Waals surface area contributed by atoms with E-state index in [1.54, 1.807) is 0 Å². The van der Waals surface area contributed by atoms with Gasteiger partial charge in [0.25, 0.3) is 0 Å². The first-order chi connectivity index (χ1) is 2.00. The van der Waals surface area contributed by atoms with Gasteiger partial charge in [-0.05, 0) is 0 Å². The molecular formula is CrO2Sn. The van der Waals surface area contributed by atoms with Gasteiger partial charge < -0.3 is 0 Å². The van der Waals surface area contributed by atoms with Crippen molar-refractivity contribution in [1.29, 1.82) is 0 Å². The van der Waals surface area contributed by atoms with E-state index < -0.39 is 0 Å². The Hall–Kier alpha value is 0.931. The molecule has 0 aliphatic rings. The summed E-state index contributed by atoms with van der Waals surface area (Å²) >= 11 is 1.68. The van der Waals surface area contributed by atoms with Crippen LogP contribution in [-0.2, 0) is 23.1 Å². The predicted octanol–water partition coefficient (Wildman–Crippen LogP) is -0.621. The van der Waals surface area contributed by atoms with E-state index in [0.29, 0.717) is 22.5 Å². The Morgan fingerprint density at radius 1 is 1.25 bits per heavy atom. The molecule has 0 bridgehead atoms. The van der Waals surface area contributed by atoms with Crippen LogP contribution >= 0.6 is 0 Å². The fourth-order valence-electron chi connectivity index (χ4n) is 0. The van der Waals surface area contributed by atoms with Crippen LogP contribution in [0.25, 0.3) is 0 Å². The Bertz CT molecular complexity index is 8.00. The molecule has 0 saturated heterocycles. The maximum absolute atomic E-state index is 8.34. The van der Waals surface area contributed by atoms with Crippen LogP contribution in [0.5, 0.6) is 0 Å². The van der Waals surface area contributed by atoms with Gasteiger partial charge in [0, 0.05) is 0 Å². The first-order valence-corrected chi connectivity index (χ1v) is 2.06. The Labute approximate surface area is 45.7 Å². The summed E-state index contributed by atoms with van der Waals surface area (Å²) in [6.45, 7) is 0. The van der Waals surface area contributed by atoms with Crippen molar-refractivity contribution in [1.82, 2.24) is 0 Å². The summed E-state index contributed by atoms with van der Waals surface area (Å²) in [6, 6.07) is 0. The SMILES string of the molecule is [O]=[Cr].[O]=[Sn]. The summed E-state index contributed by atoms with van der Waals surface area (Å²) in [5.74, 6) is 0. The van der Waals surface area contributed by atoms with E-state index in [4.69, 9.17) is 6.88 Å². The zero-order valence-corrected chi connectivity index (χ0v) is 5.85. The van der Waals surface area contributed by atoms with E-state index in [0.717, 1.165) is 0 Å². The van der Waals surface area contributed by atoms with Crippen molar-refractivity contribution < 1.29 is 23.1 Å². The van der Waals surface area contributed by atoms with Crippen LogP contribution in [0.2, 0.25) is 0 Å². The first kappa shape index (κ1) is 8.87. The van der Waals surface area contributed by atoms with Gasteiger partial charge in [-0.2, -0.15) is 0 Å². The molecule has 0 rings (SSSR count). The maximum atomic E-state index is 8.34. The minimum atomic E-state index is 0.300. The third kappa shape index (κ3) is 12.6. The monoisotopic (exact) mass is 204 g/mol. The third-order valence-electron chi connectivity index (χ3n) is 0. The van der Waals surface area contributed by atoms with Crippen LogP contribution in [0.4, 0.5) is 0 Å². The fourth-order valence-corrected chi connectivity index (χ4v) is 0. The molecule has 0 amide bonds. The second kappa shape index (κ2) is 39.0. The molecule has 4 heteroatoms. The van der Waals surface area contributed by atoms with Crippen molar-refractivity contribution in [3.05, 3.63) is 0 Å². The van der Waals surface area contributed by atoms with E-state index in [1.807, 2.05) is 0 Å². The third-order valence-corrected chi connectivity index (χ3v) is 0. The van der Waals surface area contributed by atoms with E-state index in [-0.39, 0.29) is 0 Å². The van der Waals surface area contributed by atoms with Crippen molar-refractivity contribution in [3.8, 4) is 0 Å². The molecule has 0 atom stereocenters. The fraction of sp³-hybridized carbons (Fsp3) is 0. The topological polar surface area (TPSA) is 34.1 Å². The summed E-state index contributed by atoms with van der Waals surface area (Å²) in [5, 5.41) is 0. The van der Waals surface area contributed by atoms with E-state index in [1.165, 1.54) is 16.2 Å². The van der Waals surface area contributed by atoms with Crippen LogP contribution < -0.4 is 0 Å². The average molecular weight is 203 g/mol. The number of rotatable bonds is 0. The summed E-state index contributed by atoms with van der Waals surface area (Å²) in [6.07, 6.45) is 0. The van der Waals surface area contributed by atoms with Crippen molar-refractivity contribution in [3.63, 3.8) is 0 Å². The molecule has 0 N–H and O–H groups in total. The summed E-state index contributed by atoms with van der Waals surface area (Å²) in [5.41, 5.74) is 0. The molecule has 2 radical (unpaired) electrons. The zero-order chi connectivity index (χ0) is 4.00. The molecule has 0 unspecified atom stereocenters. The average Bonchev–Trinajstić information content (AvgIpc) is 1.50. The van der Waals surface area contributed by atoms with Crippen LogP contribution in [0, 0.1) is 0 Å². The Balaban J connectivity index is 0. The van der Waals surface area contributed by atoms with Crippen LogP contribution in [-0.4, -0.2) is 22.5 Å². The number of hydrogen-bond acceptors (Lipinski definition) is 2. The molecule has 0 saturated carbocycles. The van der Waals surface area contributed by atoms with Gasteiger partial charge in [-0.25, -0.2) is 0 Å². The Morgan fingerprint density at radius 3 is 1.25 bits per heavy atom. The summed E-state index contributed by atoms with van der Waals surface area (Å²) in [4.78, 5) is 0. The van der Waals surface area contributed by atoms with Gasteiger partial charge in [-0.1, -0.05) is 0 Å². The molecule has 22 valence electrons. The zero-order valence-electron chi connectivity index (χ0n) is 1.72. The molecule has 0 heterocycles. The van der Waals surface area contributed by atoms with E-state index in [9.17, 15) is 0 Å². The molecule has 0 aromatic rings. The molecule has 0 aliphatic carbocycles. The van der Waals surface area contributed by atoms with Gasteiger partial charge in [0.2, 0.25) is 0 Å². The second-order valence-electron chi connectivity index (χ2n) is 0. The van der Waals surface area contributed by atoms with Crippen LogP contribution in [0.15, 0.2) is 0 Å². The molecule has 2 nitrogen and oxygen atoms in total. The molecule has 0 aromatic heterocycles. The van der Waals surface area contributed by atoms with E-state index >= 15 is 0 Å². The van der Waals surface area contributed by atoms with Gasteiger partial charge >= 0.3 is 45.6 Å². The quantitative estimate of drug-likeness (QED) is 0.491. The predicted molar refractivity (Wildman–Crippen MR) is 7.13 cm³/mol. The van der Waals surface area contributed by atoms with Crippen LogP contribution in [0.3, 0.4) is 0 Å².